The first-order valence-corrected chi connectivity index (χ1v) is 8.85. The van der Waals surface area contributed by atoms with Gasteiger partial charge in [0.2, 0.25) is 5.91 Å². The monoisotopic (exact) mass is 471 g/mol. The number of methoxy groups -OCH3 is 1. The maximum atomic E-state index is 12.0. The van der Waals surface area contributed by atoms with Gasteiger partial charge in [-0.1, -0.05) is 0 Å². The molecule has 0 spiro atoms. The van der Waals surface area contributed by atoms with E-state index in [2.05, 4.69) is 32.9 Å². The van der Waals surface area contributed by atoms with Gasteiger partial charge in [0.25, 0.3) is 0 Å². The lowest BCUT2D eigenvalue weighted by Crippen LogP contribution is -2.43. The Kier molecular flexibility index (Phi) is 16.6. The molecular formula is C17H38IN5O2. The second-order valence-corrected chi connectivity index (χ2v) is 6.51. The lowest BCUT2D eigenvalue weighted by molar-refractivity contribution is -0.128. The maximum absolute atomic E-state index is 12.0. The number of hydrogen-bond donors (Lipinski definition) is 3. The third-order valence-electron chi connectivity index (χ3n) is 3.60. The van der Waals surface area contributed by atoms with Gasteiger partial charge in [-0.05, 0) is 41.2 Å². The Bertz CT molecular complexity index is 378. The van der Waals surface area contributed by atoms with Gasteiger partial charge < -0.3 is 25.6 Å². The maximum Gasteiger partial charge on any atom is 0.227 e. The predicted molar refractivity (Wildman–Crippen MR) is 116 cm³/mol. The van der Waals surface area contributed by atoms with E-state index in [9.17, 15) is 4.79 Å². The number of rotatable bonds is 12. The van der Waals surface area contributed by atoms with E-state index in [4.69, 9.17) is 4.74 Å². The minimum atomic E-state index is -0.519. The Morgan fingerprint density at radius 1 is 1.12 bits per heavy atom. The zero-order chi connectivity index (χ0) is 18.4. The summed E-state index contributed by atoms with van der Waals surface area (Å²) in [6, 6.07) is 0. The molecule has 0 saturated heterocycles. The van der Waals surface area contributed by atoms with E-state index in [1.54, 1.807) is 7.11 Å². The van der Waals surface area contributed by atoms with Crippen molar-refractivity contribution in [3.05, 3.63) is 0 Å². The van der Waals surface area contributed by atoms with Gasteiger partial charge in [0.1, 0.15) is 0 Å². The van der Waals surface area contributed by atoms with Crippen LogP contribution in [-0.4, -0.2) is 76.8 Å². The summed E-state index contributed by atoms with van der Waals surface area (Å²) >= 11 is 0. The molecule has 1 amide bonds. The molecule has 3 N–H and O–H groups in total. The van der Waals surface area contributed by atoms with Gasteiger partial charge in [0.05, 0.1) is 12.0 Å². The summed E-state index contributed by atoms with van der Waals surface area (Å²) in [5.74, 6) is 0.780. The summed E-state index contributed by atoms with van der Waals surface area (Å²) in [6.07, 6.45) is 1.03. The summed E-state index contributed by atoms with van der Waals surface area (Å²) in [6.45, 7) is 13.2. The lowest BCUT2D eigenvalue weighted by Gasteiger charge is -2.22. The SMILES string of the molecule is CCNC(=O)C(C)(C)CN=C(NCC)NCCN(C)CCCOC.I. The minimum Gasteiger partial charge on any atom is -0.385 e. The van der Waals surface area contributed by atoms with E-state index in [0.29, 0.717) is 13.1 Å². The van der Waals surface area contributed by atoms with Crippen LogP contribution in [0.25, 0.3) is 0 Å². The van der Waals surface area contributed by atoms with Crippen LogP contribution in [0, 0.1) is 5.41 Å². The molecule has 25 heavy (non-hydrogen) atoms. The molecule has 0 aliphatic heterocycles. The highest BCUT2D eigenvalue weighted by Crippen LogP contribution is 2.15. The number of nitrogens with zero attached hydrogens (tertiary/aromatic N) is 2. The van der Waals surface area contributed by atoms with Crippen molar-refractivity contribution in [1.29, 1.82) is 0 Å². The highest BCUT2D eigenvalue weighted by Gasteiger charge is 2.26. The van der Waals surface area contributed by atoms with Gasteiger partial charge in [-0.2, -0.15) is 0 Å². The van der Waals surface area contributed by atoms with Crippen molar-refractivity contribution in [1.82, 2.24) is 20.9 Å². The van der Waals surface area contributed by atoms with E-state index in [1.807, 2.05) is 27.7 Å². The Morgan fingerprint density at radius 2 is 1.76 bits per heavy atom. The molecule has 0 aliphatic rings. The van der Waals surface area contributed by atoms with Crippen LogP contribution >= 0.6 is 24.0 Å². The second-order valence-electron chi connectivity index (χ2n) is 6.51. The molecule has 0 radical (unpaired) electrons. The summed E-state index contributed by atoms with van der Waals surface area (Å²) in [7, 11) is 3.82. The van der Waals surface area contributed by atoms with Crippen LogP contribution in [0.5, 0.6) is 0 Å². The lowest BCUT2D eigenvalue weighted by atomic mass is 9.92. The first kappa shape index (κ1) is 26.6. The van der Waals surface area contributed by atoms with Crippen LogP contribution in [0.4, 0.5) is 0 Å². The average Bonchev–Trinajstić information content (AvgIpc) is 2.53. The largest absolute Gasteiger partial charge is 0.385 e. The van der Waals surface area contributed by atoms with Crippen LogP contribution in [0.15, 0.2) is 4.99 Å². The van der Waals surface area contributed by atoms with Crippen LogP contribution in [0.3, 0.4) is 0 Å². The van der Waals surface area contributed by atoms with E-state index in [1.165, 1.54) is 0 Å². The van der Waals surface area contributed by atoms with E-state index in [-0.39, 0.29) is 29.9 Å². The van der Waals surface area contributed by atoms with Crippen LogP contribution < -0.4 is 16.0 Å². The molecule has 0 saturated carbocycles. The Hall–Kier alpha value is -0.610. The summed E-state index contributed by atoms with van der Waals surface area (Å²) in [4.78, 5) is 18.8. The molecule has 0 heterocycles. The molecule has 0 fully saturated rings. The molecule has 150 valence electrons. The first-order valence-electron chi connectivity index (χ1n) is 8.85. The van der Waals surface area contributed by atoms with Crippen molar-refractivity contribution in [2.45, 2.75) is 34.1 Å². The fourth-order valence-electron chi connectivity index (χ4n) is 2.05. The Labute approximate surface area is 170 Å². The number of ether oxygens (including phenoxy) is 1. The van der Waals surface area contributed by atoms with Crippen molar-refractivity contribution < 1.29 is 9.53 Å². The third kappa shape index (κ3) is 13.3. The van der Waals surface area contributed by atoms with Crippen molar-refractivity contribution in [2.24, 2.45) is 10.4 Å². The average molecular weight is 471 g/mol. The quantitative estimate of drug-likeness (QED) is 0.173. The molecule has 0 bridgehead atoms. The number of carbonyl (C=O) groups excluding carboxylic acids is 1. The molecule has 0 aromatic heterocycles. The molecule has 0 aromatic rings. The highest BCUT2D eigenvalue weighted by molar-refractivity contribution is 14.0. The summed E-state index contributed by atoms with van der Waals surface area (Å²) in [5.41, 5.74) is -0.519. The predicted octanol–water partition coefficient (Wildman–Crippen LogP) is 1.29. The molecular weight excluding hydrogens is 433 g/mol. The number of guanidine groups is 1. The van der Waals surface area contributed by atoms with Gasteiger partial charge in [0.15, 0.2) is 5.96 Å². The molecule has 8 heteroatoms. The van der Waals surface area contributed by atoms with Crippen molar-refractivity contribution in [3.63, 3.8) is 0 Å². The molecule has 7 nitrogen and oxygen atoms in total. The number of aliphatic imine (C=N–C) groups is 1. The molecule has 0 rings (SSSR count). The van der Waals surface area contributed by atoms with Gasteiger partial charge >= 0.3 is 0 Å². The fourth-order valence-corrected chi connectivity index (χ4v) is 2.05. The summed E-state index contributed by atoms with van der Waals surface area (Å²) < 4.78 is 5.06. The zero-order valence-corrected chi connectivity index (χ0v) is 19.1. The molecule has 0 aromatic carbocycles. The number of halogens is 1. The number of likely N-dealkylation sites (N-methyl/N-ethyl adjacent to an activating group) is 1. The normalized spacial score (nSPS) is 11.9. The first-order chi connectivity index (χ1) is 11.4. The molecule has 0 aliphatic carbocycles. The van der Waals surface area contributed by atoms with Crippen LogP contribution in [-0.2, 0) is 9.53 Å². The Morgan fingerprint density at radius 3 is 2.32 bits per heavy atom. The van der Waals surface area contributed by atoms with Gasteiger partial charge in [0, 0.05) is 46.4 Å². The van der Waals surface area contributed by atoms with Crippen molar-refractivity contribution in [2.75, 3.05) is 60.0 Å². The zero-order valence-electron chi connectivity index (χ0n) is 16.8. The second kappa shape index (κ2) is 15.6. The summed E-state index contributed by atoms with van der Waals surface area (Å²) in [5, 5.41) is 9.40. The Balaban J connectivity index is 0. The fraction of sp³-hybridized carbons (Fsp3) is 0.882. The van der Waals surface area contributed by atoms with E-state index < -0.39 is 5.41 Å². The highest BCUT2D eigenvalue weighted by atomic mass is 127. The smallest absolute Gasteiger partial charge is 0.227 e. The number of amides is 1. The third-order valence-corrected chi connectivity index (χ3v) is 3.60. The number of nitrogens with one attached hydrogen (secondary N) is 3. The molecule has 0 unspecified atom stereocenters. The van der Waals surface area contributed by atoms with Crippen molar-refractivity contribution in [3.8, 4) is 0 Å². The van der Waals surface area contributed by atoms with Crippen LogP contribution in [0.2, 0.25) is 0 Å². The molecule has 0 atom stereocenters. The van der Waals surface area contributed by atoms with Crippen molar-refractivity contribution >= 4 is 35.8 Å². The topological polar surface area (TPSA) is 78.0 Å². The van der Waals surface area contributed by atoms with Gasteiger partial charge in [-0.15, -0.1) is 24.0 Å². The number of hydrogen-bond acceptors (Lipinski definition) is 4. The number of carbonyl (C=O) groups is 1. The van der Waals surface area contributed by atoms with E-state index in [0.717, 1.165) is 45.2 Å². The van der Waals surface area contributed by atoms with Crippen LogP contribution in [0.1, 0.15) is 34.1 Å². The standard InChI is InChI=1S/C17H37N5O2.HI/c1-7-18-15(23)17(3,4)14-21-16(19-8-2)20-10-12-22(5)11-9-13-24-6;/h7-14H2,1-6H3,(H,18,23)(H2,19,20,21);1H. The van der Waals surface area contributed by atoms with E-state index >= 15 is 0 Å². The van der Waals surface area contributed by atoms with Gasteiger partial charge in [-0.3, -0.25) is 9.79 Å². The minimum absolute atomic E-state index is 0. The van der Waals surface area contributed by atoms with Gasteiger partial charge in [-0.25, -0.2) is 0 Å².